The first-order valence-electron chi connectivity index (χ1n) is 6.34. The van der Waals surface area contributed by atoms with Gasteiger partial charge in [0.15, 0.2) is 11.6 Å². The second kappa shape index (κ2) is 6.69. The SMILES string of the molecule is NNC(Cc1ccc(F)cc1F)Cc1cccc(F)c1F. The molecular weight excluding hydrogens is 284 g/mol. The van der Waals surface area contributed by atoms with Crippen molar-refractivity contribution in [3.8, 4) is 0 Å². The molecule has 0 bridgehead atoms. The lowest BCUT2D eigenvalue weighted by Gasteiger charge is -2.17. The summed E-state index contributed by atoms with van der Waals surface area (Å²) in [5, 5.41) is 0. The Labute approximate surface area is 119 Å². The Morgan fingerprint density at radius 2 is 1.62 bits per heavy atom. The van der Waals surface area contributed by atoms with Gasteiger partial charge in [0.25, 0.3) is 0 Å². The molecule has 0 amide bonds. The Bertz CT molecular complexity index is 631. The summed E-state index contributed by atoms with van der Waals surface area (Å²) in [6.07, 6.45) is 0.204. The van der Waals surface area contributed by atoms with E-state index in [1.165, 1.54) is 18.2 Å². The van der Waals surface area contributed by atoms with Crippen LogP contribution in [0.3, 0.4) is 0 Å². The molecule has 2 aromatic rings. The van der Waals surface area contributed by atoms with E-state index >= 15 is 0 Å². The van der Waals surface area contributed by atoms with Crippen LogP contribution in [0.4, 0.5) is 17.6 Å². The monoisotopic (exact) mass is 298 g/mol. The fourth-order valence-corrected chi connectivity index (χ4v) is 2.11. The molecule has 2 nitrogen and oxygen atoms in total. The van der Waals surface area contributed by atoms with Crippen LogP contribution in [0.2, 0.25) is 0 Å². The van der Waals surface area contributed by atoms with E-state index in [2.05, 4.69) is 5.43 Å². The fraction of sp³-hybridized carbons (Fsp3) is 0.200. The lowest BCUT2D eigenvalue weighted by atomic mass is 9.98. The minimum absolute atomic E-state index is 0.0803. The van der Waals surface area contributed by atoms with Crippen LogP contribution in [0.5, 0.6) is 0 Å². The number of benzene rings is 2. The molecule has 0 saturated carbocycles. The number of rotatable bonds is 5. The van der Waals surface area contributed by atoms with Crippen molar-refractivity contribution in [3.05, 3.63) is 70.8 Å². The smallest absolute Gasteiger partial charge is 0.162 e. The summed E-state index contributed by atoms with van der Waals surface area (Å²) < 4.78 is 53.2. The molecule has 0 aromatic heterocycles. The van der Waals surface area contributed by atoms with Gasteiger partial charge in [-0.1, -0.05) is 18.2 Å². The normalized spacial score (nSPS) is 12.4. The van der Waals surface area contributed by atoms with Crippen LogP contribution in [-0.2, 0) is 12.8 Å². The van der Waals surface area contributed by atoms with Crippen LogP contribution in [0.25, 0.3) is 0 Å². The Morgan fingerprint density at radius 1 is 0.905 bits per heavy atom. The molecule has 0 aliphatic rings. The molecule has 2 rings (SSSR count). The number of hydrazine groups is 1. The maximum absolute atomic E-state index is 13.6. The van der Waals surface area contributed by atoms with Crippen LogP contribution in [0.1, 0.15) is 11.1 Å². The van der Waals surface area contributed by atoms with Crippen LogP contribution >= 0.6 is 0 Å². The number of hydrogen-bond acceptors (Lipinski definition) is 2. The largest absolute Gasteiger partial charge is 0.271 e. The molecule has 0 aliphatic heterocycles. The summed E-state index contributed by atoms with van der Waals surface area (Å²) in [5.74, 6) is 2.10. The Kier molecular flexibility index (Phi) is 4.93. The summed E-state index contributed by atoms with van der Waals surface area (Å²) in [7, 11) is 0. The molecule has 1 unspecified atom stereocenters. The van der Waals surface area contributed by atoms with E-state index in [0.29, 0.717) is 0 Å². The molecule has 21 heavy (non-hydrogen) atoms. The first kappa shape index (κ1) is 15.5. The highest BCUT2D eigenvalue weighted by Crippen LogP contribution is 2.17. The van der Waals surface area contributed by atoms with Gasteiger partial charge in [-0.2, -0.15) is 0 Å². The summed E-state index contributed by atoms with van der Waals surface area (Å²) in [6, 6.07) is 6.53. The highest BCUT2D eigenvalue weighted by atomic mass is 19.2. The molecule has 0 saturated heterocycles. The summed E-state index contributed by atoms with van der Waals surface area (Å²) in [5.41, 5.74) is 2.82. The molecule has 3 N–H and O–H groups in total. The molecular formula is C15H14F4N2. The standard InChI is InChI=1S/C15H14F4N2/c16-11-5-4-9(14(18)8-11)6-12(21-20)7-10-2-1-3-13(17)15(10)19/h1-5,8,12,21H,6-7,20H2. The highest BCUT2D eigenvalue weighted by Gasteiger charge is 2.16. The average Bonchev–Trinajstić information content (AvgIpc) is 2.45. The average molecular weight is 298 g/mol. The second-order valence-corrected chi connectivity index (χ2v) is 4.72. The summed E-state index contributed by atoms with van der Waals surface area (Å²) in [6.45, 7) is 0. The topological polar surface area (TPSA) is 38.0 Å². The minimum Gasteiger partial charge on any atom is -0.271 e. The van der Waals surface area contributed by atoms with Crippen molar-refractivity contribution in [2.75, 3.05) is 0 Å². The van der Waals surface area contributed by atoms with Crippen molar-refractivity contribution in [2.24, 2.45) is 5.84 Å². The van der Waals surface area contributed by atoms with Crippen molar-refractivity contribution >= 4 is 0 Å². The first-order chi connectivity index (χ1) is 10.0. The first-order valence-corrected chi connectivity index (χ1v) is 6.34. The molecule has 0 heterocycles. The van der Waals surface area contributed by atoms with Gasteiger partial charge in [0.1, 0.15) is 11.6 Å². The van der Waals surface area contributed by atoms with E-state index in [-0.39, 0.29) is 24.0 Å². The molecule has 6 heteroatoms. The van der Waals surface area contributed by atoms with Gasteiger partial charge in [0.05, 0.1) is 0 Å². The number of nitrogens with one attached hydrogen (secondary N) is 1. The van der Waals surface area contributed by atoms with E-state index in [1.54, 1.807) is 0 Å². The minimum atomic E-state index is -0.948. The Hall–Kier alpha value is -1.92. The Balaban J connectivity index is 2.15. The van der Waals surface area contributed by atoms with Gasteiger partial charge in [-0.15, -0.1) is 0 Å². The fourth-order valence-electron chi connectivity index (χ4n) is 2.11. The van der Waals surface area contributed by atoms with Crippen LogP contribution in [0, 0.1) is 23.3 Å². The van der Waals surface area contributed by atoms with Crippen molar-refractivity contribution < 1.29 is 17.6 Å². The van der Waals surface area contributed by atoms with Gasteiger partial charge in [-0.3, -0.25) is 11.3 Å². The number of nitrogens with two attached hydrogens (primary N) is 1. The van der Waals surface area contributed by atoms with Crippen LogP contribution < -0.4 is 11.3 Å². The highest BCUT2D eigenvalue weighted by molar-refractivity contribution is 5.23. The van der Waals surface area contributed by atoms with Crippen molar-refractivity contribution in [1.82, 2.24) is 5.43 Å². The van der Waals surface area contributed by atoms with Gasteiger partial charge < -0.3 is 0 Å². The van der Waals surface area contributed by atoms with E-state index < -0.39 is 29.3 Å². The van der Waals surface area contributed by atoms with Gasteiger partial charge in [0, 0.05) is 12.1 Å². The van der Waals surface area contributed by atoms with Crippen molar-refractivity contribution in [2.45, 2.75) is 18.9 Å². The van der Waals surface area contributed by atoms with Crippen LogP contribution in [0.15, 0.2) is 36.4 Å². The lowest BCUT2D eigenvalue weighted by molar-refractivity contribution is 0.468. The lowest BCUT2D eigenvalue weighted by Crippen LogP contribution is -2.38. The molecule has 1 atom stereocenters. The zero-order chi connectivity index (χ0) is 15.4. The third-order valence-corrected chi connectivity index (χ3v) is 3.22. The van der Waals surface area contributed by atoms with E-state index in [9.17, 15) is 17.6 Å². The van der Waals surface area contributed by atoms with Gasteiger partial charge in [-0.25, -0.2) is 17.6 Å². The molecule has 0 aliphatic carbocycles. The number of halogens is 4. The molecule has 0 fully saturated rings. The third-order valence-electron chi connectivity index (χ3n) is 3.22. The molecule has 2 aromatic carbocycles. The maximum atomic E-state index is 13.6. The molecule has 0 spiro atoms. The Morgan fingerprint density at radius 3 is 2.29 bits per heavy atom. The summed E-state index contributed by atoms with van der Waals surface area (Å²) >= 11 is 0. The van der Waals surface area contributed by atoms with E-state index in [1.807, 2.05) is 0 Å². The predicted octanol–water partition coefficient (Wildman–Crippen LogP) is 2.86. The second-order valence-electron chi connectivity index (χ2n) is 4.72. The van der Waals surface area contributed by atoms with Crippen LogP contribution in [-0.4, -0.2) is 6.04 Å². The zero-order valence-electron chi connectivity index (χ0n) is 11.0. The van der Waals surface area contributed by atoms with Gasteiger partial charge in [0.2, 0.25) is 0 Å². The van der Waals surface area contributed by atoms with Gasteiger partial charge in [-0.05, 0) is 36.1 Å². The van der Waals surface area contributed by atoms with E-state index in [4.69, 9.17) is 5.84 Å². The predicted molar refractivity (Wildman–Crippen MR) is 71.2 cm³/mol. The quantitative estimate of drug-likeness (QED) is 0.506. The van der Waals surface area contributed by atoms with Crippen molar-refractivity contribution in [3.63, 3.8) is 0 Å². The zero-order valence-corrected chi connectivity index (χ0v) is 11.0. The van der Waals surface area contributed by atoms with Gasteiger partial charge >= 0.3 is 0 Å². The van der Waals surface area contributed by atoms with Crippen molar-refractivity contribution in [1.29, 1.82) is 0 Å². The maximum Gasteiger partial charge on any atom is 0.162 e. The van der Waals surface area contributed by atoms with E-state index in [0.717, 1.165) is 18.2 Å². The third kappa shape index (κ3) is 3.80. The summed E-state index contributed by atoms with van der Waals surface area (Å²) in [4.78, 5) is 0. The number of hydrogen-bond donors (Lipinski definition) is 2. The molecule has 112 valence electrons. The molecule has 0 radical (unpaired) electrons.